The molecular weight excluding hydrogens is 332 g/mol. The molecule has 0 fully saturated rings. The number of fused-ring (bicyclic) bond motifs is 1. The molecule has 0 aliphatic carbocycles. The van der Waals surface area contributed by atoms with Crippen molar-refractivity contribution in [2.75, 3.05) is 11.9 Å². The van der Waals surface area contributed by atoms with E-state index < -0.39 is 0 Å². The van der Waals surface area contributed by atoms with Gasteiger partial charge in [0.1, 0.15) is 16.9 Å². The van der Waals surface area contributed by atoms with E-state index in [-0.39, 0.29) is 0 Å². The molecule has 0 aliphatic heterocycles. The summed E-state index contributed by atoms with van der Waals surface area (Å²) in [5, 5.41) is 8.49. The lowest BCUT2D eigenvalue weighted by molar-refractivity contribution is 0.422. The van der Waals surface area contributed by atoms with E-state index in [0.29, 0.717) is 11.5 Å². The zero-order valence-corrected chi connectivity index (χ0v) is 14.7. The van der Waals surface area contributed by atoms with Crippen LogP contribution in [0.25, 0.3) is 21.7 Å². The molecule has 3 aromatic heterocycles. The second-order valence-electron chi connectivity index (χ2n) is 5.87. The maximum atomic E-state index is 4.93. The van der Waals surface area contributed by atoms with Crippen molar-refractivity contribution in [2.24, 2.45) is 0 Å². The van der Waals surface area contributed by atoms with Gasteiger partial charge in [-0.05, 0) is 31.4 Å². The Balaban J connectivity index is 1.53. The van der Waals surface area contributed by atoms with E-state index in [2.05, 4.69) is 57.7 Å². The molecule has 3 heterocycles. The standard InChI is InChI=1S/C19H18N4OS/c1-13-12-15-17(20-10-5-8-14-6-3-2-4-7-14)21-18(22-19(15)25-13)16-9-11-24-23-16/h2-4,6-7,9,11-12H,5,8,10H2,1H3,(H,20,21,22). The van der Waals surface area contributed by atoms with Gasteiger partial charge in [0.05, 0.1) is 5.39 Å². The van der Waals surface area contributed by atoms with Gasteiger partial charge in [-0.25, -0.2) is 9.97 Å². The fourth-order valence-electron chi connectivity index (χ4n) is 2.76. The minimum Gasteiger partial charge on any atom is -0.369 e. The summed E-state index contributed by atoms with van der Waals surface area (Å²) in [5.41, 5.74) is 2.01. The van der Waals surface area contributed by atoms with Crippen LogP contribution in [0.4, 0.5) is 5.82 Å². The van der Waals surface area contributed by atoms with Crippen LogP contribution in [0.1, 0.15) is 16.9 Å². The molecule has 4 aromatic rings. The zero-order valence-electron chi connectivity index (χ0n) is 13.9. The highest BCUT2D eigenvalue weighted by molar-refractivity contribution is 7.18. The van der Waals surface area contributed by atoms with Gasteiger partial charge in [0.2, 0.25) is 0 Å². The Morgan fingerprint density at radius 2 is 2.00 bits per heavy atom. The minimum absolute atomic E-state index is 0.591. The second kappa shape index (κ2) is 7.03. The third-order valence-electron chi connectivity index (χ3n) is 3.96. The summed E-state index contributed by atoms with van der Waals surface area (Å²) in [6.07, 6.45) is 3.62. The van der Waals surface area contributed by atoms with E-state index in [1.165, 1.54) is 16.7 Å². The van der Waals surface area contributed by atoms with Crippen LogP contribution >= 0.6 is 11.3 Å². The quantitative estimate of drug-likeness (QED) is 0.511. The minimum atomic E-state index is 0.591. The Labute approximate surface area is 149 Å². The van der Waals surface area contributed by atoms with Crippen molar-refractivity contribution in [1.29, 1.82) is 0 Å². The van der Waals surface area contributed by atoms with Crippen molar-refractivity contribution < 1.29 is 4.52 Å². The molecular formula is C19H18N4OS. The van der Waals surface area contributed by atoms with Gasteiger partial charge < -0.3 is 9.84 Å². The van der Waals surface area contributed by atoms with Crippen LogP contribution < -0.4 is 5.32 Å². The van der Waals surface area contributed by atoms with E-state index in [0.717, 1.165) is 35.4 Å². The zero-order chi connectivity index (χ0) is 17.1. The van der Waals surface area contributed by atoms with E-state index in [9.17, 15) is 0 Å². The Hall–Kier alpha value is -2.73. The molecule has 126 valence electrons. The molecule has 0 radical (unpaired) electrons. The Kier molecular flexibility index (Phi) is 4.43. The van der Waals surface area contributed by atoms with Crippen molar-refractivity contribution >= 4 is 27.4 Å². The molecule has 0 saturated carbocycles. The van der Waals surface area contributed by atoms with E-state index in [1.807, 2.05) is 6.07 Å². The Bertz CT molecular complexity index is 964. The summed E-state index contributed by atoms with van der Waals surface area (Å²) in [4.78, 5) is 11.5. The normalized spacial score (nSPS) is 11.1. The molecule has 5 nitrogen and oxygen atoms in total. The van der Waals surface area contributed by atoms with Gasteiger partial charge in [0.15, 0.2) is 11.5 Å². The number of anilines is 1. The van der Waals surface area contributed by atoms with E-state index in [4.69, 9.17) is 4.52 Å². The van der Waals surface area contributed by atoms with Gasteiger partial charge in [0.25, 0.3) is 0 Å². The van der Waals surface area contributed by atoms with Crippen molar-refractivity contribution in [1.82, 2.24) is 15.1 Å². The lowest BCUT2D eigenvalue weighted by atomic mass is 10.1. The van der Waals surface area contributed by atoms with Crippen LogP contribution in [0, 0.1) is 6.92 Å². The second-order valence-corrected chi connectivity index (χ2v) is 7.11. The smallest absolute Gasteiger partial charge is 0.185 e. The Morgan fingerprint density at radius 3 is 2.80 bits per heavy atom. The molecule has 1 N–H and O–H groups in total. The highest BCUT2D eigenvalue weighted by atomic mass is 32.1. The lowest BCUT2D eigenvalue weighted by Gasteiger charge is -2.08. The van der Waals surface area contributed by atoms with Crippen LogP contribution in [-0.2, 0) is 6.42 Å². The maximum Gasteiger partial charge on any atom is 0.185 e. The molecule has 25 heavy (non-hydrogen) atoms. The average molecular weight is 350 g/mol. The molecule has 0 bridgehead atoms. The molecule has 4 rings (SSSR count). The molecule has 6 heteroatoms. The summed E-state index contributed by atoms with van der Waals surface area (Å²) < 4.78 is 4.93. The number of nitrogens with zero attached hydrogens (tertiary/aromatic N) is 3. The van der Waals surface area contributed by atoms with Crippen LogP contribution in [0.3, 0.4) is 0 Å². The predicted molar refractivity (Wildman–Crippen MR) is 101 cm³/mol. The fourth-order valence-corrected chi connectivity index (χ4v) is 3.64. The number of rotatable bonds is 6. The number of hydrogen-bond donors (Lipinski definition) is 1. The SMILES string of the molecule is Cc1cc2c(NCCCc3ccccc3)nc(-c3ccon3)nc2s1. The first-order chi connectivity index (χ1) is 12.3. The van der Waals surface area contributed by atoms with Crippen LogP contribution in [-0.4, -0.2) is 21.7 Å². The van der Waals surface area contributed by atoms with Crippen molar-refractivity contribution in [2.45, 2.75) is 19.8 Å². The molecule has 0 aliphatic rings. The van der Waals surface area contributed by atoms with Gasteiger partial charge in [-0.2, -0.15) is 0 Å². The van der Waals surface area contributed by atoms with Gasteiger partial charge in [-0.1, -0.05) is 35.5 Å². The first-order valence-electron chi connectivity index (χ1n) is 8.26. The largest absolute Gasteiger partial charge is 0.369 e. The number of hydrogen-bond acceptors (Lipinski definition) is 6. The predicted octanol–water partition coefficient (Wildman–Crippen LogP) is 4.70. The summed E-state index contributed by atoms with van der Waals surface area (Å²) >= 11 is 1.66. The summed E-state index contributed by atoms with van der Waals surface area (Å²) in [5.74, 6) is 1.45. The van der Waals surface area contributed by atoms with E-state index in [1.54, 1.807) is 17.4 Å². The van der Waals surface area contributed by atoms with Crippen molar-refractivity contribution in [3.8, 4) is 11.5 Å². The highest BCUT2D eigenvalue weighted by Crippen LogP contribution is 2.30. The molecule has 0 spiro atoms. The van der Waals surface area contributed by atoms with Crippen LogP contribution in [0.5, 0.6) is 0 Å². The first-order valence-corrected chi connectivity index (χ1v) is 9.08. The molecule has 0 unspecified atom stereocenters. The molecule has 0 saturated heterocycles. The van der Waals surface area contributed by atoms with Crippen molar-refractivity contribution in [3.63, 3.8) is 0 Å². The number of aryl methyl sites for hydroxylation is 2. The third-order valence-corrected chi connectivity index (χ3v) is 4.90. The average Bonchev–Trinajstić information content (AvgIpc) is 3.28. The molecule has 0 atom stereocenters. The highest BCUT2D eigenvalue weighted by Gasteiger charge is 2.13. The summed E-state index contributed by atoms with van der Waals surface area (Å²) in [6.45, 7) is 2.94. The monoisotopic (exact) mass is 350 g/mol. The molecule has 0 amide bonds. The number of aromatic nitrogens is 3. The van der Waals surface area contributed by atoms with E-state index >= 15 is 0 Å². The Morgan fingerprint density at radius 1 is 1.12 bits per heavy atom. The fraction of sp³-hybridized carbons (Fsp3) is 0.211. The lowest BCUT2D eigenvalue weighted by Crippen LogP contribution is -2.06. The number of nitrogens with one attached hydrogen (secondary N) is 1. The third kappa shape index (κ3) is 3.53. The number of benzene rings is 1. The maximum absolute atomic E-state index is 4.93. The van der Waals surface area contributed by atoms with Gasteiger partial charge >= 0.3 is 0 Å². The van der Waals surface area contributed by atoms with Gasteiger partial charge in [-0.15, -0.1) is 11.3 Å². The summed E-state index contributed by atoms with van der Waals surface area (Å²) in [6, 6.07) is 14.4. The summed E-state index contributed by atoms with van der Waals surface area (Å²) in [7, 11) is 0. The van der Waals surface area contributed by atoms with Crippen molar-refractivity contribution in [3.05, 3.63) is 59.2 Å². The van der Waals surface area contributed by atoms with Gasteiger partial charge in [0, 0.05) is 17.5 Å². The molecule has 1 aromatic carbocycles. The van der Waals surface area contributed by atoms with Gasteiger partial charge in [-0.3, -0.25) is 0 Å². The van der Waals surface area contributed by atoms with Crippen LogP contribution in [0.2, 0.25) is 0 Å². The number of thiophene rings is 1. The first kappa shape index (κ1) is 15.8. The topological polar surface area (TPSA) is 63.8 Å². The van der Waals surface area contributed by atoms with Crippen LogP contribution in [0.15, 0.2) is 53.3 Å².